The Morgan fingerprint density at radius 2 is 2.00 bits per heavy atom. The fraction of sp³-hybridized carbons (Fsp3) is 0.308. The average molecular weight is 234 g/mol. The van der Waals surface area contributed by atoms with E-state index >= 15 is 0 Å². The summed E-state index contributed by atoms with van der Waals surface area (Å²) in [5.41, 5.74) is 1.12. The highest BCUT2D eigenvalue weighted by Gasteiger charge is 2.05. The highest BCUT2D eigenvalue weighted by Crippen LogP contribution is 2.13. The van der Waals surface area contributed by atoms with E-state index in [1.807, 2.05) is 13.1 Å². The van der Waals surface area contributed by atoms with Crippen molar-refractivity contribution >= 4 is 0 Å². The van der Waals surface area contributed by atoms with Gasteiger partial charge in [-0.2, -0.15) is 0 Å². The molecular formula is C13H15FN2O. The van der Waals surface area contributed by atoms with E-state index in [1.54, 1.807) is 12.1 Å². The first-order chi connectivity index (χ1) is 8.20. The van der Waals surface area contributed by atoms with E-state index in [1.165, 1.54) is 12.1 Å². The molecule has 0 saturated heterocycles. The van der Waals surface area contributed by atoms with Gasteiger partial charge in [-0.15, -0.1) is 0 Å². The molecule has 3 nitrogen and oxygen atoms in total. The largest absolute Gasteiger partial charge is 0.486 e. The van der Waals surface area contributed by atoms with Crippen LogP contribution < -0.4 is 4.74 Å². The van der Waals surface area contributed by atoms with Gasteiger partial charge in [-0.1, -0.05) is 0 Å². The quantitative estimate of drug-likeness (QED) is 0.813. The minimum Gasteiger partial charge on any atom is -0.486 e. The molecule has 1 heterocycles. The van der Waals surface area contributed by atoms with Gasteiger partial charge in [-0.25, -0.2) is 9.37 Å². The first-order valence-corrected chi connectivity index (χ1v) is 5.60. The number of halogens is 1. The van der Waals surface area contributed by atoms with Gasteiger partial charge < -0.3 is 9.30 Å². The number of rotatable bonds is 4. The topological polar surface area (TPSA) is 27.1 Å². The zero-order valence-electron chi connectivity index (χ0n) is 9.98. The molecule has 90 valence electrons. The summed E-state index contributed by atoms with van der Waals surface area (Å²) in [5.74, 6) is 1.27. The second kappa shape index (κ2) is 4.99. The average Bonchev–Trinajstić information content (AvgIpc) is 2.69. The van der Waals surface area contributed by atoms with Crippen LogP contribution in [0.4, 0.5) is 4.39 Å². The van der Waals surface area contributed by atoms with Crippen molar-refractivity contribution in [1.82, 2.24) is 9.55 Å². The van der Waals surface area contributed by atoms with Crippen molar-refractivity contribution in [2.75, 3.05) is 0 Å². The van der Waals surface area contributed by atoms with Crippen LogP contribution in [-0.2, 0) is 13.2 Å². The van der Waals surface area contributed by atoms with Crippen LogP contribution in [-0.4, -0.2) is 9.55 Å². The van der Waals surface area contributed by atoms with E-state index in [9.17, 15) is 4.39 Å². The number of hydrogen-bond donors (Lipinski definition) is 0. The van der Waals surface area contributed by atoms with Gasteiger partial charge in [-0.05, 0) is 38.1 Å². The number of benzene rings is 1. The molecule has 0 spiro atoms. The van der Waals surface area contributed by atoms with Crippen LogP contribution in [0.25, 0.3) is 0 Å². The highest BCUT2D eigenvalue weighted by molar-refractivity contribution is 5.22. The Hall–Kier alpha value is -1.84. The maximum Gasteiger partial charge on any atom is 0.146 e. The number of aryl methyl sites for hydroxylation is 1. The van der Waals surface area contributed by atoms with E-state index in [-0.39, 0.29) is 5.82 Å². The zero-order valence-corrected chi connectivity index (χ0v) is 9.98. The molecule has 2 rings (SSSR count). The molecule has 1 aromatic heterocycles. The maximum atomic E-state index is 12.7. The van der Waals surface area contributed by atoms with Crippen molar-refractivity contribution in [3.63, 3.8) is 0 Å². The predicted octanol–water partition coefficient (Wildman–Crippen LogP) is 2.93. The molecule has 0 aliphatic heterocycles. The fourth-order valence-electron chi connectivity index (χ4n) is 1.74. The first-order valence-electron chi connectivity index (χ1n) is 5.60. The minimum atomic E-state index is -0.261. The minimum absolute atomic E-state index is 0.261. The summed E-state index contributed by atoms with van der Waals surface area (Å²) in [6.07, 6.45) is 1.83. The molecule has 0 aliphatic carbocycles. The Morgan fingerprint density at radius 1 is 1.29 bits per heavy atom. The summed E-state index contributed by atoms with van der Waals surface area (Å²) in [6.45, 7) is 5.34. The molecule has 0 saturated carbocycles. The standard InChI is InChI=1S/C13H15FN2O/c1-3-16-10(2)8-15-13(16)9-17-12-6-4-11(14)5-7-12/h4-8H,3,9H2,1-2H3. The van der Waals surface area contributed by atoms with Gasteiger partial charge in [0.25, 0.3) is 0 Å². The van der Waals surface area contributed by atoms with Crippen LogP contribution >= 0.6 is 0 Å². The Bertz CT molecular complexity index is 491. The van der Waals surface area contributed by atoms with Gasteiger partial charge >= 0.3 is 0 Å². The number of hydrogen-bond acceptors (Lipinski definition) is 2. The summed E-state index contributed by atoms with van der Waals surface area (Å²) >= 11 is 0. The summed E-state index contributed by atoms with van der Waals surface area (Å²) in [7, 11) is 0. The molecular weight excluding hydrogens is 219 g/mol. The summed E-state index contributed by atoms with van der Waals surface area (Å²) in [4.78, 5) is 4.28. The molecule has 1 aromatic carbocycles. The third kappa shape index (κ3) is 2.64. The molecule has 0 unspecified atom stereocenters. The Morgan fingerprint density at radius 3 is 2.65 bits per heavy atom. The molecule has 0 atom stereocenters. The van der Waals surface area contributed by atoms with E-state index in [2.05, 4.69) is 16.5 Å². The third-order valence-electron chi connectivity index (χ3n) is 2.64. The Labute approximate surface area is 99.9 Å². The van der Waals surface area contributed by atoms with E-state index in [4.69, 9.17) is 4.74 Å². The SMILES string of the molecule is CCn1c(C)cnc1COc1ccc(F)cc1. The molecule has 0 radical (unpaired) electrons. The number of aromatic nitrogens is 2. The number of ether oxygens (including phenoxy) is 1. The van der Waals surface area contributed by atoms with Gasteiger partial charge in [0.05, 0.1) is 0 Å². The van der Waals surface area contributed by atoms with Crippen molar-refractivity contribution < 1.29 is 9.13 Å². The molecule has 0 amide bonds. The van der Waals surface area contributed by atoms with Crippen molar-refractivity contribution in [3.05, 3.63) is 47.8 Å². The van der Waals surface area contributed by atoms with E-state index in [0.717, 1.165) is 18.1 Å². The zero-order chi connectivity index (χ0) is 12.3. The van der Waals surface area contributed by atoms with E-state index in [0.29, 0.717) is 12.4 Å². The Kier molecular flexibility index (Phi) is 3.42. The van der Waals surface area contributed by atoms with Crippen LogP contribution in [0.1, 0.15) is 18.4 Å². The summed E-state index contributed by atoms with van der Waals surface area (Å²) in [5, 5.41) is 0. The van der Waals surface area contributed by atoms with Gasteiger partial charge in [0, 0.05) is 18.4 Å². The van der Waals surface area contributed by atoms with Crippen LogP contribution in [0.15, 0.2) is 30.5 Å². The lowest BCUT2D eigenvalue weighted by atomic mass is 10.3. The van der Waals surface area contributed by atoms with Crippen molar-refractivity contribution in [2.45, 2.75) is 27.0 Å². The fourth-order valence-corrected chi connectivity index (χ4v) is 1.74. The number of imidazole rings is 1. The van der Waals surface area contributed by atoms with Crippen LogP contribution in [0.3, 0.4) is 0 Å². The van der Waals surface area contributed by atoms with Crippen LogP contribution in [0, 0.1) is 12.7 Å². The monoisotopic (exact) mass is 234 g/mol. The molecule has 2 aromatic rings. The maximum absolute atomic E-state index is 12.7. The van der Waals surface area contributed by atoms with E-state index < -0.39 is 0 Å². The molecule has 0 fully saturated rings. The molecule has 0 bridgehead atoms. The normalized spacial score (nSPS) is 10.5. The summed E-state index contributed by atoms with van der Waals surface area (Å²) < 4.78 is 20.3. The number of nitrogens with zero attached hydrogens (tertiary/aromatic N) is 2. The van der Waals surface area contributed by atoms with Gasteiger partial charge in [0.1, 0.15) is 24.0 Å². The molecule has 17 heavy (non-hydrogen) atoms. The van der Waals surface area contributed by atoms with Crippen molar-refractivity contribution in [2.24, 2.45) is 0 Å². The van der Waals surface area contributed by atoms with Gasteiger partial charge in [0.2, 0.25) is 0 Å². The van der Waals surface area contributed by atoms with Crippen molar-refractivity contribution in [3.8, 4) is 5.75 Å². The smallest absolute Gasteiger partial charge is 0.146 e. The lowest BCUT2D eigenvalue weighted by Crippen LogP contribution is -2.07. The predicted molar refractivity (Wildman–Crippen MR) is 63.4 cm³/mol. The lowest BCUT2D eigenvalue weighted by molar-refractivity contribution is 0.289. The van der Waals surface area contributed by atoms with Crippen LogP contribution in [0.2, 0.25) is 0 Å². The van der Waals surface area contributed by atoms with Crippen molar-refractivity contribution in [1.29, 1.82) is 0 Å². The second-order valence-corrected chi connectivity index (χ2v) is 3.80. The molecule has 4 heteroatoms. The molecule has 0 N–H and O–H groups in total. The lowest BCUT2D eigenvalue weighted by Gasteiger charge is -2.08. The first kappa shape index (κ1) is 11.6. The highest BCUT2D eigenvalue weighted by atomic mass is 19.1. The van der Waals surface area contributed by atoms with Crippen LogP contribution in [0.5, 0.6) is 5.75 Å². The van der Waals surface area contributed by atoms with Gasteiger partial charge in [-0.3, -0.25) is 0 Å². The third-order valence-corrected chi connectivity index (χ3v) is 2.64. The van der Waals surface area contributed by atoms with Gasteiger partial charge in [0.15, 0.2) is 0 Å². The molecule has 0 aliphatic rings. The summed E-state index contributed by atoms with van der Waals surface area (Å²) in [6, 6.07) is 5.99. The Balaban J connectivity index is 2.04. The second-order valence-electron chi connectivity index (χ2n) is 3.80.